The second-order valence-electron chi connectivity index (χ2n) is 5.55. The molecule has 0 spiro atoms. The lowest BCUT2D eigenvalue weighted by atomic mass is 10.1. The van der Waals surface area contributed by atoms with Gasteiger partial charge in [-0.3, -0.25) is 25.0 Å². The predicted octanol–water partition coefficient (Wildman–Crippen LogP) is 3.27. The van der Waals surface area contributed by atoms with E-state index in [1.807, 2.05) is 5.32 Å². The van der Waals surface area contributed by atoms with Crippen LogP contribution in [0.15, 0.2) is 42.0 Å². The molecule has 2 N–H and O–H groups in total. The molecule has 0 atom stereocenters. The van der Waals surface area contributed by atoms with Gasteiger partial charge in [-0.25, -0.2) is 9.69 Å². The zero-order valence-electron chi connectivity index (χ0n) is 13.7. The van der Waals surface area contributed by atoms with Crippen molar-refractivity contribution >= 4 is 58.5 Å². The highest BCUT2D eigenvalue weighted by molar-refractivity contribution is 6.39. The molecule has 3 rings (SSSR count). The Kier molecular flexibility index (Phi) is 5.04. The number of rotatable bonds is 3. The van der Waals surface area contributed by atoms with Crippen LogP contribution in [0.4, 0.5) is 16.2 Å². The molecule has 1 aliphatic heterocycles. The number of aromatic hydroxyl groups is 1. The minimum absolute atomic E-state index is 0.0920. The lowest BCUT2D eigenvalue weighted by Crippen LogP contribution is -2.54. The van der Waals surface area contributed by atoms with Gasteiger partial charge in [-0.1, -0.05) is 23.2 Å². The number of amides is 4. The van der Waals surface area contributed by atoms with Crippen molar-refractivity contribution in [3.05, 3.63) is 67.7 Å². The summed E-state index contributed by atoms with van der Waals surface area (Å²) in [6, 6.07) is 6.78. The summed E-state index contributed by atoms with van der Waals surface area (Å²) in [6.07, 6.45) is 0.918. The van der Waals surface area contributed by atoms with E-state index in [0.29, 0.717) is 9.92 Å². The van der Waals surface area contributed by atoms with Gasteiger partial charge in [0.25, 0.3) is 11.8 Å². The van der Waals surface area contributed by atoms with Crippen molar-refractivity contribution in [2.75, 3.05) is 4.90 Å². The van der Waals surface area contributed by atoms with Crippen LogP contribution < -0.4 is 10.2 Å². The Morgan fingerprint density at radius 3 is 2.32 bits per heavy atom. The molecular formula is C17H9Cl2N3O6. The number of carbonyl (C=O) groups excluding carboxylic acids is 3. The van der Waals surface area contributed by atoms with Gasteiger partial charge in [0.15, 0.2) is 0 Å². The maximum atomic E-state index is 12.7. The number of hydrogen-bond donors (Lipinski definition) is 2. The van der Waals surface area contributed by atoms with Gasteiger partial charge in [-0.05, 0) is 36.4 Å². The zero-order valence-corrected chi connectivity index (χ0v) is 15.2. The van der Waals surface area contributed by atoms with Gasteiger partial charge in [0, 0.05) is 21.7 Å². The second kappa shape index (κ2) is 7.29. The van der Waals surface area contributed by atoms with E-state index in [9.17, 15) is 29.6 Å². The van der Waals surface area contributed by atoms with Crippen molar-refractivity contribution in [2.24, 2.45) is 0 Å². The quantitative estimate of drug-likeness (QED) is 0.338. The van der Waals surface area contributed by atoms with E-state index in [1.165, 1.54) is 24.3 Å². The Balaban J connectivity index is 2.09. The summed E-state index contributed by atoms with van der Waals surface area (Å²) >= 11 is 11.6. The number of nitrogens with zero attached hydrogens (tertiary/aromatic N) is 2. The van der Waals surface area contributed by atoms with E-state index < -0.39 is 39.8 Å². The number of urea groups is 1. The Morgan fingerprint density at radius 1 is 1.07 bits per heavy atom. The second-order valence-corrected chi connectivity index (χ2v) is 6.43. The van der Waals surface area contributed by atoms with Gasteiger partial charge in [0.2, 0.25) is 5.75 Å². The van der Waals surface area contributed by atoms with Crippen LogP contribution in [0.1, 0.15) is 5.56 Å². The fourth-order valence-corrected chi connectivity index (χ4v) is 2.84. The molecule has 2 aromatic carbocycles. The molecule has 0 saturated carbocycles. The minimum Gasteiger partial charge on any atom is -0.502 e. The number of nitrogens with one attached hydrogen (secondary N) is 1. The van der Waals surface area contributed by atoms with Gasteiger partial charge < -0.3 is 5.11 Å². The Hall–Kier alpha value is -3.43. The van der Waals surface area contributed by atoms with E-state index in [1.54, 1.807) is 0 Å². The number of phenolic OH excluding ortho intramolecular Hbond substituents is 1. The number of anilines is 1. The summed E-state index contributed by atoms with van der Waals surface area (Å²) in [5.74, 6) is -2.79. The molecule has 0 aliphatic carbocycles. The van der Waals surface area contributed by atoms with Gasteiger partial charge >= 0.3 is 11.7 Å². The normalized spacial score (nSPS) is 15.7. The van der Waals surface area contributed by atoms with Gasteiger partial charge in [-0.2, -0.15) is 0 Å². The molecule has 0 unspecified atom stereocenters. The number of halogens is 2. The number of nitro benzene ring substituents is 1. The zero-order chi connectivity index (χ0) is 20.6. The highest BCUT2D eigenvalue weighted by atomic mass is 35.5. The summed E-state index contributed by atoms with van der Waals surface area (Å²) in [4.78, 5) is 47.8. The van der Waals surface area contributed by atoms with Crippen molar-refractivity contribution in [3.8, 4) is 5.75 Å². The molecular weight excluding hydrogens is 413 g/mol. The first-order valence-electron chi connectivity index (χ1n) is 7.53. The fraction of sp³-hybridized carbons (Fsp3) is 0. The average Bonchev–Trinajstić information content (AvgIpc) is 2.62. The van der Waals surface area contributed by atoms with Crippen LogP contribution in [0.3, 0.4) is 0 Å². The Morgan fingerprint density at radius 2 is 1.71 bits per heavy atom. The number of carbonyl (C=O) groups is 3. The van der Waals surface area contributed by atoms with Crippen LogP contribution in [0.2, 0.25) is 10.0 Å². The number of barbiturate groups is 1. The Bertz CT molecular complexity index is 1070. The van der Waals surface area contributed by atoms with Crippen LogP contribution >= 0.6 is 23.2 Å². The molecule has 1 fully saturated rings. The molecule has 1 aliphatic rings. The minimum atomic E-state index is -1.03. The summed E-state index contributed by atoms with van der Waals surface area (Å²) in [5, 5.41) is 23.4. The van der Waals surface area contributed by atoms with Crippen molar-refractivity contribution in [2.45, 2.75) is 0 Å². The number of imide groups is 2. The molecule has 0 radical (unpaired) electrons. The third-order valence-corrected chi connectivity index (χ3v) is 4.24. The average molecular weight is 422 g/mol. The first-order chi connectivity index (χ1) is 13.2. The standard InChI is InChI=1S/C17H9Cl2N3O6/c18-9-1-3-11(4-2-9)21-16(25)12(15(24)20-17(21)26)6-8-5-10(19)7-13(14(8)23)22(27)28/h1-7,23H,(H,20,24,26)/b12-6+. The van der Waals surface area contributed by atoms with Gasteiger partial charge in [-0.15, -0.1) is 0 Å². The molecule has 28 heavy (non-hydrogen) atoms. The molecule has 142 valence electrons. The topological polar surface area (TPSA) is 130 Å². The fourth-order valence-electron chi connectivity index (χ4n) is 2.49. The van der Waals surface area contributed by atoms with E-state index in [-0.39, 0.29) is 16.3 Å². The summed E-state index contributed by atoms with van der Waals surface area (Å²) in [7, 11) is 0. The third-order valence-electron chi connectivity index (χ3n) is 3.77. The lowest BCUT2D eigenvalue weighted by molar-refractivity contribution is -0.385. The van der Waals surface area contributed by atoms with Crippen molar-refractivity contribution in [1.29, 1.82) is 0 Å². The first-order valence-corrected chi connectivity index (χ1v) is 8.28. The van der Waals surface area contributed by atoms with Crippen molar-refractivity contribution in [3.63, 3.8) is 0 Å². The van der Waals surface area contributed by atoms with Crippen LogP contribution in [-0.4, -0.2) is 27.9 Å². The summed E-state index contributed by atoms with van der Waals surface area (Å²) < 4.78 is 0. The highest BCUT2D eigenvalue weighted by Crippen LogP contribution is 2.35. The van der Waals surface area contributed by atoms with Crippen LogP contribution in [-0.2, 0) is 9.59 Å². The SMILES string of the molecule is O=C1NC(=O)N(c2ccc(Cl)cc2)C(=O)/C1=C/c1cc(Cl)cc([N+](=O)[O-])c1O. The highest BCUT2D eigenvalue weighted by Gasteiger charge is 2.37. The number of hydrogen-bond acceptors (Lipinski definition) is 6. The monoisotopic (exact) mass is 421 g/mol. The molecule has 0 aromatic heterocycles. The largest absolute Gasteiger partial charge is 0.502 e. The molecule has 1 heterocycles. The molecule has 1 saturated heterocycles. The number of nitro groups is 1. The third kappa shape index (κ3) is 3.53. The summed E-state index contributed by atoms with van der Waals surface area (Å²) in [6.45, 7) is 0. The maximum Gasteiger partial charge on any atom is 0.335 e. The van der Waals surface area contributed by atoms with Crippen LogP contribution in [0.5, 0.6) is 5.75 Å². The summed E-state index contributed by atoms with van der Waals surface area (Å²) in [5.41, 5.74) is -1.32. The molecule has 0 bridgehead atoms. The molecule has 2 aromatic rings. The number of benzene rings is 2. The molecule has 9 nitrogen and oxygen atoms in total. The number of phenols is 1. The van der Waals surface area contributed by atoms with E-state index >= 15 is 0 Å². The van der Waals surface area contributed by atoms with E-state index in [2.05, 4.69) is 0 Å². The smallest absolute Gasteiger partial charge is 0.335 e. The molecule has 11 heteroatoms. The molecule has 4 amide bonds. The lowest BCUT2D eigenvalue weighted by Gasteiger charge is -2.26. The Labute approximate surface area is 166 Å². The maximum absolute atomic E-state index is 12.7. The van der Waals surface area contributed by atoms with Crippen LogP contribution in [0, 0.1) is 10.1 Å². The van der Waals surface area contributed by atoms with Crippen molar-refractivity contribution < 1.29 is 24.4 Å². The van der Waals surface area contributed by atoms with Crippen LogP contribution in [0.25, 0.3) is 6.08 Å². The van der Waals surface area contributed by atoms with E-state index in [0.717, 1.165) is 18.2 Å². The predicted molar refractivity (Wildman–Crippen MR) is 100 cm³/mol. The van der Waals surface area contributed by atoms with Gasteiger partial charge in [0.1, 0.15) is 5.57 Å². The van der Waals surface area contributed by atoms with Gasteiger partial charge in [0.05, 0.1) is 10.6 Å². The van der Waals surface area contributed by atoms with Crippen molar-refractivity contribution in [1.82, 2.24) is 5.32 Å². The van der Waals surface area contributed by atoms with E-state index in [4.69, 9.17) is 23.2 Å². The first kappa shape index (κ1) is 19.3.